The highest BCUT2D eigenvalue weighted by Crippen LogP contribution is 2.47. The van der Waals surface area contributed by atoms with E-state index < -0.39 is 24.0 Å². The molecule has 0 amide bonds. The molecule has 33 heavy (non-hydrogen) atoms. The van der Waals surface area contributed by atoms with Gasteiger partial charge in [0.15, 0.2) is 0 Å². The third-order valence-corrected chi connectivity index (χ3v) is 6.06. The lowest BCUT2D eigenvalue weighted by molar-refractivity contribution is -0.135. The van der Waals surface area contributed by atoms with E-state index in [1.54, 1.807) is 37.5 Å². The minimum Gasteiger partial charge on any atom is -0.507 e. The maximum atomic E-state index is 13.2. The van der Waals surface area contributed by atoms with Gasteiger partial charge in [-0.1, -0.05) is 18.2 Å². The molecule has 0 saturated carbocycles. The molecule has 1 aromatic carbocycles. The van der Waals surface area contributed by atoms with Gasteiger partial charge >= 0.3 is 11.9 Å². The largest absolute Gasteiger partial charge is 0.507 e. The minimum absolute atomic E-state index is 0.0281. The molecule has 2 aliphatic heterocycles. The zero-order valence-corrected chi connectivity index (χ0v) is 18.6. The Hall–Kier alpha value is -3.48. The predicted molar refractivity (Wildman–Crippen MR) is 121 cm³/mol. The fourth-order valence-corrected chi connectivity index (χ4v) is 4.39. The number of benzene rings is 1. The molecule has 0 bridgehead atoms. The summed E-state index contributed by atoms with van der Waals surface area (Å²) in [4.78, 5) is 41.6. The summed E-state index contributed by atoms with van der Waals surface area (Å²) in [7, 11) is 0. The number of ketones is 1. The topological polar surface area (TPSA) is 103 Å². The number of pyridine rings is 1. The van der Waals surface area contributed by atoms with Crippen molar-refractivity contribution in [1.82, 2.24) is 4.98 Å². The van der Waals surface area contributed by atoms with Crippen molar-refractivity contribution >= 4 is 23.8 Å². The van der Waals surface area contributed by atoms with Crippen molar-refractivity contribution in [2.75, 3.05) is 0 Å². The van der Waals surface area contributed by atoms with Gasteiger partial charge in [-0.3, -0.25) is 14.6 Å². The van der Waals surface area contributed by atoms with E-state index in [-0.39, 0.29) is 29.3 Å². The Labute approximate surface area is 192 Å². The number of hydrogen-bond acceptors (Lipinski definition) is 7. The Kier molecular flexibility index (Phi) is 6.87. The van der Waals surface area contributed by atoms with Crippen LogP contribution in [0.1, 0.15) is 84.8 Å². The number of phenols is 1. The van der Waals surface area contributed by atoms with E-state index in [4.69, 9.17) is 9.47 Å². The Morgan fingerprint density at radius 3 is 2.76 bits per heavy atom. The van der Waals surface area contributed by atoms with Gasteiger partial charge in [-0.15, -0.1) is 0 Å². The summed E-state index contributed by atoms with van der Waals surface area (Å²) in [5, 5.41) is 11.3. The lowest BCUT2D eigenvalue weighted by Gasteiger charge is -2.27. The molecule has 7 heteroatoms. The Balaban J connectivity index is 1.80. The highest BCUT2D eigenvalue weighted by atomic mass is 16.5. The molecule has 0 radical (unpaired) electrons. The van der Waals surface area contributed by atoms with Crippen LogP contribution < -0.4 is 4.74 Å². The lowest BCUT2D eigenvalue weighted by Crippen LogP contribution is -2.23. The van der Waals surface area contributed by atoms with Crippen LogP contribution in [0.5, 0.6) is 11.5 Å². The number of carbonyl (C=O) groups excluding carboxylic acids is 3. The Morgan fingerprint density at radius 2 is 1.97 bits per heavy atom. The van der Waals surface area contributed by atoms with Crippen LogP contribution >= 0.6 is 0 Å². The van der Waals surface area contributed by atoms with Crippen molar-refractivity contribution in [3.05, 3.63) is 58.9 Å². The van der Waals surface area contributed by atoms with Gasteiger partial charge in [-0.2, -0.15) is 0 Å². The minimum atomic E-state index is -0.646. The third kappa shape index (κ3) is 5.13. The number of phenolic OH excluding ortho intramolecular Hbond substituents is 1. The van der Waals surface area contributed by atoms with Crippen molar-refractivity contribution in [3.8, 4) is 11.5 Å². The Morgan fingerprint density at radius 1 is 1.15 bits per heavy atom. The van der Waals surface area contributed by atoms with Gasteiger partial charge in [0.25, 0.3) is 0 Å². The van der Waals surface area contributed by atoms with Crippen molar-refractivity contribution in [3.63, 3.8) is 0 Å². The number of carbonyl (C=O) groups is 3. The van der Waals surface area contributed by atoms with Gasteiger partial charge in [0, 0.05) is 36.7 Å². The number of esters is 2. The number of Topliss-reactive ketones (excluding diaryl/α,β-unsaturated/α-hetero) is 1. The van der Waals surface area contributed by atoms with E-state index in [9.17, 15) is 19.5 Å². The van der Waals surface area contributed by atoms with Gasteiger partial charge in [0.1, 0.15) is 22.8 Å². The van der Waals surface area contributed by atoms with E-state index in [1.165, 1.54) is 0 Å². The highest BCUT2D eigenvalue weighted by Gasteiger charge is 2.35. The molecule has 1 aromatic heterocycles. The summed E-state index contributed by atoms with van der Waals surface area (Å²) in [5.41, 5.74) is 1.59. The highest BCUT2D eigenvalue weighted by molar-refractivity contribution is 5.98. The van der Waals surface area contributed by atoms with E-state index in [0.717, 1.165) is 5.56 Å². The van der Waals surface area contributed by atoms with Crippen LogP contribution in [0, 0.1) is 0 Å². The van der Waals surface area contributed by atoms with Crippen LogP contribution in [0.3, 0.4) is 0 Å². The monoisotopic (exact) mass is 449 g/mol. The number of allylic oxidation sites excluding steroid dienone is 1. The molecule has 0 spiro atoms. The first-order chi connectivity index (χ1) is 15.9. The number of aromatic hydroxyl groups is 1. The zero-order chi connectivity index (χ0) is 23.4. The quantitative estimate of drug-likeness (QED) is 0.497. The van der Waals surface area contributed by atoms with Crippen molar-refractivity contribution in [1.29, 1.82) is 0 Å². The SMILES string of the molecule is C[C@H]1CCCC(=O)CCCC=Cc2cc3c(c(O)c2C(=O)O1)[C@@H](c1cccnc1)CC(=O)O3. The molecule has 2 aliphatic rings. The van der Waals surface area contributed by atoms with Crippen LogP contribution in [0.2, 0.25) is 0 Å². The summed E-state index contributed by atoms with van der Waals surface area (Å²) < 4.78 is 11.1. The fourth-order valence-electron chi connectivity index (χ4n) is 4.39. The molecule has 1 N–H and O–H groups in total. The number of hydrogen-bond donors (Lipinski definition) is 1. The molecule has 0 unspecified atom stereocenters. The molecule has 0 aliphatic carbocycles. The van der Waals surface area contributed by atoms with E-state index in [0.29, 0.717) is 49.7 Å². The molecule has 4 rings (SSSR count). The van der Waals surface area contributed by atoms with Crippen LogP contribution in [0.4, 0.5) is 0 Å². The van der Waals surface area contributed by atoms with Crippen LogP contribution in [-0.2, 0) is 14.3 Å². The second-order valence-corrected chi connectivity index (χ2v) is 8.56. The first-order valence-corrected chi connectivity index (χ1v) is 11.3. The third-order valence-electron chi connectivity index (χ3n) is 6.06. The molecule has 2 aromatic rings. The molecular formula is C26H27NO6. The number of aromatic nitrogens is 1. The molecule has 3 heterocycles. The molecule has 0 fully saturated rings. The number of nitrogens with zero attached hydrogens (tertiary/aromatic N) is 1. The van der Waals surface area contributed by atoms with Crippen LogP contribution in [0.25, 0.3) is 6.08 Å². The summed E-state index contributed by atoms with van der Waals surface area (Å²) >= 11 is 0. The standard InChI is InChI=1S/C26H27NO6/c1-16-7-5-11-19(28)10-4-2-3-8-17-13-21-24(25(30)23(17)26(31)32-16)20(14-22(29)33-21)18-9-6-12-27-15-18/h3,6,8-9,12-13,15-16,20,30H,2,4-5,7,10-11,14H2,1H3/t16-,20+/m0/s1. The van der Waals surface area contributed by atoms with E-state index >= 15 is 0 Å². The van der Waals surface area contributed by atoms with Gasteiger partial charge in [-0.05, 0) is 55.9 Å². The lowest BCUT2D eigenvalue weighted by atomic mass is 9.84. The second kappa shape index (κ2) is 9.98. The fraction of sp³-hybridized carbons (Fsp3) is 0.385. The van der Waals surface area contributed by atoms with E-state index in [1.807, 2.05) is 12.1 Å². The normalized spacial score (nSPS) is 21.9. The van der Waals surface area contributed by atoms with Gasteiger partial charge in [0.2, 0.25) is 0 Å². The van der Waals surface area contributed by atoms with Gasteiger partial charge < -0.3 is 14.6 Å². The van der Waals surface area contributed by atoms with E-state index in [2.05, 4.69) is 4.98 Å². The maximum Gasteiger partial charge on any atom is 0.342 e. The van der Waals surface area contributed by atoms with Gasteiger partial charge in [0.05, 0.1) is 12.5 Å². The van der Waals surface area contributed by atoms with Crippen molar-refractivity contribution < 1.29 is 29.0 Å². The zero-order valence-electron chi connectivity index (χ0n) is 18.6. The van der Waals surface area contributed by atoms with Crippen LogP contribution in [-0.4, -0.2) is 33.9 Å². The smallest absolute Gasteiger partial charge is 0.342 e. The number of fused-ring (bicyclic) bond motifs is 2. The average Bonchev–Trinajstić information content (AvgIpc) is 2.78. The molecule has 172 valence electrons. The van der Waals surface area contributed by atoms with Crippen molar-refractivity contribution in [2.24, 2.45) is 0 Å². The number of rotatable bonds is 1. The first kappa shape index (κ1) is 22.7. The second-order valence-electron chi connectivity index (χ2n) is 8.56. The number of cyclic esters (lactones) is 1. The molecular weight excluding hydrogens is 422 g/mol. The average molecular weight is 450 g/mol. The summed E-state index contributed by atoms with van der Waals surface area (Å²) in [5.74, 6) is -1.37. The molecule has 2 atom stereocenters. The van der Waals surface area contributed by atoms with Gasteiger partial charge in [-0.25, -0.2) is 4.79 Å². The molecule has 0 saturated heterocycles. The van der Waals surface area contributed by atoms with Crippen LogP contribution in [0.15, 0.2) is 36.7 Å². The predicted octanol–water partition coefficient (Wildman–Crippen LogP) is 4.71. The summed E-state index contributed by atoms with van der Waals surface area (Å²) in [6.07, 6.45) is 9.98. The molecule has 7 nitrogen and oxygen atoms in total. The maximum absolute atomic E-state index is 13.2. The first-order valence-electron chi connectivity index (χ1n) is 11.3. The Bertz CT molecular complexity index is 1090. The number of ether oxygens (including phenoxy) is 2. The van der Waals surface area contributed by atoms with Crippen molar-refractivity contribution in [2.45, 2.75) is 63.9 Å². The summed E-state index contributed by atoms with van der Waals surface area (Å²) in [6.45, 7) is 1.78. The summed E-state index contributed by atoms with van der Waals surface area (Å²) in [6, 6.07) is 5.19.